The van der Waals surface area contributed by atoms with Gasteiger partial charge in [-0.1, -0.05) is 65.7 Å². The van der Waals surface area contributed by atoms with Crippen molar-refractivity contribution in [3.05, 3.63) is 111 Å². The second-order valence-corrected chi connectivity index (χ2v) is 9.59. The lowest BCUT2D eigenvalue weighted by Crippen LogP contribution is -2.42. The molecule has 3 aromatic rings. The molecule has 1 N–H and O–H groups in total. The summed E-state index contributed by atoms with van der Waals surface area (Å²) in [5.41, 5.74) is 3.17. The van der Waals surface area contributed by atoms with E-state index < -0.39 is 11.9 Å². The third kappa shape index (κ3) is 4.26. The second kappa shape index (κ2) is 9.33. The number of aromatic carboxylic acids is 1. The van der Waals surface area contributed by atoms with Gasteiger partial charge in [-0.25, -0.2) is 4.79 Å². The summed E-state index contributed by atoms with van der Waals surface area (Å²) < 4.78 is 0. The fourth-order valence-electron chi connectivity index (χ4n) is 5.16. The van der Waals surface area contributed by atoms with Gasteiger partial charge in [0.25, 0.3) is 0 Å². The number of carbonyl (C=O) groups excluding carboxylic acids is 2. The highest BCUT2D eigenvalue weighted by atomic mass is 35.5. The van der Waals surface area contributed by atoms with Crippen molar-refractivity contribution in [2.45, 2.75) is 31.1 Å². The van der Waals surface area contributed by atoms with Crippen molar-refractivity contribution in [1.82, 2.24) is 0 Å². The highest BCUT2D eigenvalue weighted by Crippen LogP contribution is 2.49. The third-order valence-corrected chi connectivity index (χ3v) is 7.36. The number of rotatable bonds is 4. The summed E-state index contributed by atoms with van der Waals surface area (Å²) in [4.78, 5) is 40.4. The molecule has 0 radical (unpaired) electrons. The lowest BCUT2D eigenvalue weighted by molar-refractivity contribution is -0.120. The van der Waals surface area contributed by atoms with Gasteiger partial charge in [0.1, 0.15) is 0 Å². The summed E-state index contributed by atoms with van der Waals surface area (Å²) in [6, 6.07) is 21.1. The van der Waals surface area contributed by atoms with Crippen molar-refractivity contribution in [3.63, 3.8) is 0 Å². The minimum atomic E-state index is -1.09. The number of hydrogen-bond donors (Lipinski definition) is 1. The average Bonchev–Trinajstić information content (AvgIpc) is 2.84. The summed E-state index contributed by atoms with van der Waals surface area (Å²) in [5, 5.41) is 10.3. The first kappa shape index (κ1) is 23.3. The predicted octanol–water partition coefficient (Wildman–Crippen LogP) is 6.61. The predicted molar refractivity (Wildman–Crippen MR) is 135 cm³/mol. The van der Waals surface area contributed by atoms with Crippen molar-refractivity contribution in [3.8, 4) is 0 Å². The highest BCUT2D eigenvalue weighted by molar-refractivity contribution is 6.36. The molecule has 5 rings (SSSR count). The summed E-state index contributed by atoms with van der Waals surface area (Å²) >= 11 is 13.0. The molecule has 0 saturated carbocycles. The van der Waals surface area contributed by atoms with Gasteiger partial charge in [-0.15, -0.1) is 0 Å². The number of carboxylic acids is 1. The standard InChI is InChI=1S/C28H21Cl2NO4/c29-21-10-5-11-22(30)26(21)20-15-25(33)31(19-9-4-8-17(12-19)28(34)35)23-13-18(14-24(32)27(20)23)16-6-2-1-3-7-16/h1-12,18,20H,13-15H2,(H,34,35). The molecule has 1 heterocycles. The van der Waals surface area contributed by atoms with E-state index in [1.807, 2.05) is 30.3 Å². The zero-order valence-corrected chi connectivity index (χ0v) is 20.1. The number of benzene rings is 3. The van der Waals surface area contributed by atoms with Gasteiger partial charge in [-0.05, 0) is 53.8 Å². The molecule has 0 aromatic heterocycles. The molecule has 0 fully saturated rings. The smallest absolute Gasteiger partial charge is 0.335 e. The Morgan fingerprint density at radius 2 is 1.54 bits per heavy atom. The zero-order chi connectivity index (χ0) is 24.7. The van der Waals surface area contributed by atoms with Crippen LogP contribution in [0.4, 0.5) is 5.69 Å². The Morgan fingerprint density at radius 1 is 0.857 bits per heavy atom. The van der Waals surface area contributed by atoms with E-state index in [0.717, 1.165) is 5.56 Å². The molecule has 1 aliphatic carbocycles. The van der Waals surface area contributed by atoms with Crippen LogP contribution >= 0.6 is 23.2 Å². The molecule has 0 bridgehead atoms. The van der Waals surface area contributed by atoms with E-state index in [1.165, 1.54) is 17.0 Å². The van der Waals surface area contributed by atoms with Gasteiger partial charge in [-0.3, -0.25) is 14.5 Å². The number of amides is 1. The number of allylic oxidation sites excluding steroid dienone is 2. The number of hydrogen-bond acceptors (Lipinski definition) is 3. The van der Waals surface area contributed by atoms with Crippen LogP contribution in [0.5, 0.6) is 0 Å². The van der Waals surface area contributed by atoms with Crippen LogP contribution in [0.25, 0.3) is 0 Å². The first-order valence-corrected chi connectivity index (χ1v) is 12.0. The molecule has 176 valence electrons. The van der Waals surface area contributed by atoms with E-state index in [0.29, 0.717) is 45.4 Å². The lowest BCUT2D eigenvalue weighted by atomic mass is 9.72. The van der Waals surface area contributed by atoms with Crippen molar-refractivity contribution in [1.29, 1.82) is 0 Å². The zero-order valence-electron chi connectivity index (χ0n) is 18.6. The minimum absolute atomic E-state index is 0.00132. The first-order chi connectivity index (χ1) is 16.8. The minimum Gasteiger partial charge on any atom is -0.478 e. The molecule has 0 spiro atoms. The van der Waals surface area contributed by atoms with Crippen LogP contribution in [0.2, 0.25) is 10.0 Å². The summed E-state index contributed by atoms with van der Waals surface area (Å²) in [7, 11) is 0. The van der Waals surface area contributed by atoms with Gasteiger partial charge in [0.05, 0.1) is 5.56 Å². The Labute approximate surface area is 212 Å². The Balaban J connectivity index is 1.70. The van der Waals surface area contributed by atoms with Crippen LogP contribution < -0.4 is 4.90 Å². The van der Waals surface area contributed by atoms with Crippen LogP contribution in [-0.4, -0.2) is 22.8 Å². The number of ketones is 1. The van der Waals surface area contributed by atoms with E-state index in [1.54, 1.807) is 30.3 Å². The summed E-state index contributed by atoms with van der Waals surface area (Å²) in [5.74, 6) is -2.07. The molecular weight excluding hydrogens is 485 g/mol. The van der Waals surface area contributed by atoms with E-state index in [-0.39, 0.29) is 29.6 Å². The van der Waals surface area contributed by atoms with E-state index in [9.17, 15) is 19.5 Å². The first-order valence-electron chi connectivity index (χ1n) is 11.3. The van der Waals surface area contributed by atoms with Crippen molar-refractivity contribution in [2.75, 3.05) is 4.90 Å². The summed E-state index contributed by atoms with van der Waals surface area (Å²) in [6.45, 7) is 0. The molecular formula is C28H21Cl2NO4. The summed E-state index contributed by atoms with van der Waals surface area (Å²) in [6.07, 6.45) is 0.757. The van der Waals surface area contributed by atoms with Gasteiger partial charge in [0.2, 0.25) is 5.91 Å². The van der Waals surface area contributed by atoms with E-state index >= 15 is 0 Å². The van der Waals surface area contributed by atoms with Crippen LogP contribution in [0.3, 0.4) is 0 Å². The number of anilines is 1. The monoisotopic (exact) mass is 505 g/mol. The van der Waals surface area contributed by atoms with Crippen LogP contribution in [0.15, 0.2) is 84.1 Å². The number of carboxylic acid groups (broad SMARTS) is 1. The van der Waals surface area contributed by atoms with Gasteiger partial charge >= 0.3 is 5.97 Å². The Morgan fingerprint density at radius 3 is 2.23 bits per heavy atom. The lowest BCUT2D eigenvalue weighted by Gasteiger charge is -2.41. The maximum atomic E-state index is 13.7. The van der Waals surface area contributed by atoms with E-state index in [2.05, 4.69) is 0 Å². The van der Waals surface area contributed by atoms with Crippen molar-refractivity contribution >= 4 is 46.5 Å². The average molecular weight is 506 g/mol. The number of carbonyl (C=O) groups is 3. The van der Waals surface area contributed by atoms with Gasteiger partial charge in [0, 0.05) is 45.8 Å². The molecule has 35 heavy (non-hydrogen) atoms. The second-order valence-electron chi connectivity index (χ2n) is 8.78. The molecule has 0 saturated heterocycles. The topological polar surface area (TPSA) is 74.7 Å². The largest absolute Gasteiger partial charge is 0.478 e. The highest BCUT2D eigenvalue weighted by Gasteiger charge is 2.43. The Kier molecular flexibility index (Phi) is 6.22. The van der Waals surface area contributed by atoms with Crippen LogP contribution in [-0.2, 0) is 9.59 Å². The maximum absolute atomic E-state index is 13.7. The fourth-order valence-corrected chi connectivity index (χ4v) is 5.83. The quantitative estimate of drug-likeness (QED) is 0.432. The van der Waals surface area contributed by atoms with Crippen molar-refractivity contribution < 1.29 is 19.5 Å². The molecule has 1 amide bonds. The molecule has 5 nitrogen and oxygen atoms in total. The van der Waals surface area contributed by atoms with Crippen LogP contribution in [0, 0.1) is 0 Å². The molecule has 1 aliphatic heterocycles. The van der Waals surface area contributed by atoms with Crippen LogP contribution in [0.1, 0.15) is 52.6 Å². The molecule has 7 heteroatoms. The fraction of sp³-hybridized carbons (Fsp3) is 0.179. The number of halogens is 2. The maximum Gasteiger partial charge on any atom is 0.335 e. The van der Waals surface area contributed by atoms with Crippen molar-refractivity contribution in [2.24, 2.45) is 0 Å². The van der Waals surface area contributed by atoms with Gasteiger partial charge in [-0.2, -0.15) is 0 Å². The Hall–Kier alpha value is -3.41. The molecule has 3 aromatic carbocycles. The molecule has 2 aliphatic rings. The molecule has 2 atom stereocenters. The number of nitrogens with zero attached hydrogens (tertiary/aromatic N) is 1. The number of Topliss-reactive ketones (excluding diaryl/α,β-unsaturated/α-hetero) is 1. The molecule has 2 unspecified atom stereocenters. The third-order valence-electron chi connectivity index (χ3n) is 6.70. The van der Waals surface area contributed by atoms with Gasteiger partial charge in [0.15, 0.2) is 5.78 Å². The van der Waals surface area contributed by atoms with Gasteiger partial charge < -0.3 is 5.11 Å². The normalized spacial score (nSPS) is 20.1. The van der Waals surface area contributed by atoms with E-state index in [4.69, 9.17) is 23.2 Å². The Bertz CT molecular complexity index is 1360. The SMILES string of the molecule is O=C1CC(c2ccccc2)CC2=C1C(c1c(Cl)cccc1Cl)CC(=O)N2c1cccc(C(=O)O)c1.